The molecule has 0 unspecified atom stereocenters. The molecular formula is C16H19FN2. The number of rotatable bonds is 4. The lowest BCUT2D eigenvalue weighted by Gasteiger charge is -2.13. The van der Waals surface area contributed by atoms with Crippen LogP contribution in [0, 0.1) is 12.7 Å². The van der Waals surface area contributed by atoms with Crippen LogP contribution in [0.5, 0.6) is 0 Å². The molecule has 19 heavy (non-hydrogen) atoms. The van der Waals surface area contributed by atoms with E-state index in [0.717, 1.165) is 11.3 Å². The highest BCUT2D eigenvalue weighted by molar-refractivity contribution is 5.52. The molecule has 0 aliphatic heterocycles. The molecule has 0 radical (unpaired) electrons. The number of halogens is 1. The average Bonchev–Trinajstić information content (AvgIpc) is 2.40. The second kappa shape index (κ2) is 5.74. The minimum absolute atomic E-state index is 0.212. The summed E-state index contributed by atoms with van der Waals surface area (Å²) in [5, 5.41) is 3.27. The van der Waals surface area contributed by atoms with Gasteiger partial charge in [0.1, 0.15) is 5.82 Å². The van der Waals surface area contributed by atoms with Crippen molar-refractivity contribution in [3.63, 3.8) is 0 Å². The van der Waals surface area contributed by atoms with Crippen molar-refractivity contribution in [3.05, 3.63) is 59.4 Å². The number of nitrogens with one attached hydrogen (secondary N) is 1. The van der Waals surface area contributed by atoms with Crippen LogP contribution in [0.25, 0.3) is 0 Å². The van der Waals surface area contributed by atoms with Gasteiger partial charge in [0.2, 0.25) is 0 Å². The van der Waals surface area contributed by atoms with Crippen LogP contribution in [0.4, 0.5) is 15.8 Å². The highest BCUT2D eigenvalue weighted by Crippen LogP contribution is 2.18. The van der Waals surface area contributed by atoms with Crippen LogP contribution in [0.15, 0.2) is 42.5 Å². The van der Waals surface area contributed by atoms with Gasteiger partial charge in [-0.25, -0.2) is 4.39 Å². The monoisotopic (exact) mass is 258 g/mol. The maximum Gasteiger partial charge on any atom is 0.125 e. The lowest BCUT2D eigenvalue weighted by Crippen LogP contribution is -2.08. The average molecular weight is 258 g/mol. The first-order valence-electron chi connectivity index (χ1n) is 6.32. The molecular weight excluding hydrogens is 239 g/mol. The SMILES string of the molecule is Cc1ccc(F)cc1NCc1ccc(N(C)C)cc1. The topological polar surface area (TPSA) is 15.3 Å². The summed E-state index contributed by atoms with van der Waals surface area (Å²) in [4.78, 5) is 2.06. The summed E-state index contributed by atoms with van der Waals surface area (Å²) in [5.41, 5.74) is 4.24. The molecule has 0 spiro atoms. The summed E-state index contributed by atoms with van der Waals surface area (Å²) in [6, 6.07) is 13.1. The standard InChI is InChI=1S/C16H19FN2/c1-12-4-7-14(17)10-16(12)18-11-13-5-8-15(9-6-13)19(2)3/h4-10,18H,11H2,1-3H3. The molecule has 3 heteroatoms. The van der Waals surface area contributed by atoms with E-state index in [1.165, 1.54) is 23.4 Å². The predicted octanol–water partition coefficient (Wildman–Crippen LogP) is 3.81. The molecule has 0 saturated carbocycles. The van der Waals surface area contributed by atoms with E-state index in [9.17, 15) is 4.39 Å². The van der Waals surface area contributed by atoms with Crippen molar-refractivity contribution in [3.8, 4) is 0 Å². The van der Waals surface area contributed by atoms with Crippen LogP contribution >= 0.6 is 0 Å². The first-order chi connectivity index (χ1) is 9.06. The maximum absolute atomic E-state index is 13.2. The van der Waals surface area contributed by atoms with Gasteiger partial charge in [0.25, 0.3) is 0 Å². The molecule has 0 saturated heterocycles. The van der Waals surface area contributed by atoms with Crippen LogP contribution in [0.2, 0.25) is 0 Å². The zero-order valence-corrected chi connectivity index (χ0v) is 11.6. The second-order valence-corrected chi connectivity index (χ2v) is 4.87. The number of hydrogen-bond acceptors (Lipinski definition) is 2. The number of benzene rings is 2. The maximum atomic E-state index is 13.2. The Morgan fingerprint density at radius 2 is 1.74 bits per heavy atom. The molecule has 0 atom stereocenters. The van der Waals surface area contributed by atoms with E-state index in [-0.39, 0.29) is 5.82 Å². The Labute approximate surface area is 113 Å². The molecule has 0 fully saturated rings. The Morgan fingerprint density at radius 1 is 1.05 bits per heavy atom. The first kappa shape index (κ1) is 13.4. The van der Waals surface area contributed by atoms with Gasteiger partial charge in [0.15, 0.2) is 0 Å². The summed E-state index contributed by atoms with van der Waals surface area (Å²) in [7, 11) is 4.03. The van der Waals surface area contributed by atoms with Crippen molar-refractivity contribution >= 4 is 11.4 Å². The smallest absolute Gasteiger partial charge is 0.125 e. The minimum Gasteiger partial charge on any atom is -0.381 e. The summed E-state index contributed by atoms with van der Waals surface area (Å²) in [5.74, 6) is -0.212. The molecule has 1 N–H and O–H groups in total. The van der Waals surface area contributed by atoms with Crippen molar-refractivity contribution in [2.24, 2.45) is 0 Å². The number of hydrogen-bond donors (Lipinski definition) is 1. The Kier molecular flexibility index (Phi) is 4.05. The summed E-state index contributed by atoms with van der Waals surface area (Å²) in [6.45, 7) is 2.66. The minimum atomic E-state index is -0.212. The first-order valence-corrected chi connectivity index (χ1v) is 6.32. The van der Waals surface area contributed by atoms with Crippen molar-refractivity contribution in [2.75, 3.05) is 24.3 Å². The van der Waals surface area contributed by atoms with Gasteiger partial charge in [-0.15, -0.1) is 0 Å². The molecule has 0 heterocycles. The fourth-order valence-electron chi connectivity index (χ4n) is 1.89. The van der Waals surface area contributed by atoms with Gasteiger partial charge in [-0.05, 0) is 42.3 Å². The molecule has 0 bridgehead atoms. The molecule has 2 rings (SSSR count). The number of nitrogens with zero attached hydrogens (tertiary/aromatic N) is 1. The Bertz CT molecular complexity index is 547. The molecule has 0 aliphatic rings. The van der Waals surface area contributed by atoms with Crippen molar-refractivity contribution < 1.29 is 4.39 Å². The highest BCUT2D eigenvalue weighted by Gasteiger charge is 2.01. The third-order valence-electron chi connectivity index (χ3n) is 3.14. The van der Waals surface area contributed by atoms with E-state index < -0.39 is 0 Å². The number of anilines is 2. The summed E-state index contributed by atoms with van der Waals surface area (Å²) >= 11 is 0. The lowest BCUT2D eigenvalue weighted by molar-refractivity contribution is 0.628. The number of aryl methyl sites for hydroxylation is 1. The van der Waals surface area contributed by atoms with Crippen LogP contribution in [-0.2, 0) is 6.54 Å². The Balaban J connectivity index is 2.04. The quantitative estimate of drug-likeness (QED) is 0.897. The van der Waals surface area contributed by atoms with Crippen molar-refractivity contribution in [1.82, 2.24) is 0 Å². The van der Waals surface area contributed by atoms with Crippen LogP contribution in [0.1, 0.15) is 11.1 Å². The Morgan fingerprint density at radius 3 is 2.37 bits per heavy atom. The van der Waals surface area contributed by atoms with Gasteiger partial charge in [-0.3, -0.25) is 0 Å². The molecule has 2 aromatic carbocycles. The van der Waals surface area contributed by atoms with Gasteiger partial charge >= 0.3 is 0 Å². The highest BCUT2D eigenvalue weighted by atomic mass is 19.1. The van der Waals surface area contributed by atoms with E-state index in [4.69, 9.17) is 0 Å². The van der Waals surface area contributed by atoms with Gasteiger partial charge < -0.3 is 10.2 Å². The zero-order valence-electron chi connectivity index (χ0n) is 11.6. The molecule has 0 aromatic heterocycles. The van der Waals surface area contributed by atoms with Crippen LogP contribution < -0.4 is 10.2 Å². The van der Waals surface area contributed by atoms with E-state index in [2.05, 4.69) is 34.5 Å². The molecule has 0 amide bonds. The lowest BCUT2D eigenvalue weighted by atomic mass is 10.1. The second-order valence-electron chi connectivity index (χ2n) is 4.87. The normalized spacial score (nSPS) is 10.3. The fourth-order valence-corrected chi connectivity index (χ4v) is 1.89. The van der Waals surface area contributed by atoms with Gasteiger partial charge in [0.05, 0.1) is 0 Å². The largest absolute Gasteiger partial charge is 0.381 e. The third kappa shape index (κ3) is 3.47. The Hall–Kier alpha value is -2.03. The van der Waals surface area contributed by atoms with E-state index in [0.29, 0.717) is 6.54 Å². The van der Waals surface area contributed by atoms with Crippen LogP contribution in [-0.4, -0.2) is 14.1 Å². The van der Waals surface area contributed by atoms with Crippen molar-refractivity contribution in [1.29, 1.82) is 0 Å². The van der Waals surface area contributed by atoms with Gasteiger partial charge in [-0.2, -0.15) is 0 Å². The van der Waals surface area contributed by atoms with Gasteiger partial charge in [0, 0.05) is 32.0 Å². The fraction of sp³-hybridized carbons (Fsp3) is 0.250. The van der Waals surface area contributed by atoms with E-state index >= 15 is 0 Å². The predicted molar refractivity (Wildman–Crippen MR) is 79.2 cm³/mol. The molecule has 0 aliphatic carbocycles. The molecule has 2 aromatic rings. The van der Waals surface area contributed by atoms with Crippen molar-refractivity contribution in [2.45, 2.75) is 13.5 Å². The van der Waals surface area contributed by atoms with E-state index in [1.807, 2.05) is 21.0 Å². The molecule has 100 valence electrons. The van der Waals surface area contributed by atoms with Gasteiger partial charge in [-0.1, -0.05) is 18.2 Å². The van der Waals surface area contributed by atoms with E-state index in [1.54, 1.807) is 6.07 Å². The molecule has 2 nitrogen and oxygen atoms in total. The third-order valence-corrected chi connectivity index (χ3v) is 3.14. The summed E-state index contributed by atoms with van der Waals surface area (Å²) in [6.07, 6.45) is 0. The summed E-state index contributed by atoms with van der Waals surface area (Å²) < 4.78 is 13.2. The zero-order chi connectivity index (χ0) is 13.8. The van der Waals surface area contributed by atoms with Crippen LogP contribution in [0.3, 0.4) is 0 Å².